The summed E-state index contributed by atoms with van der Waals surface area (Å²) < 4.78 is 0. The molecule has 0 heterocycles. The van der Waals surface area contributed by atoms with Crippen LogP contribution in [-0.2, 0) is 5.41 Å². The summed E-state index contributed by atoms with van der Waals surface area (Å²) in [4.78, 5) is 0. The van der Waals surface area contributed by atoms with E-state index in [1.165, 1.54) is 98.7 Å². The first-order valence-corrected chi connectivity index (χ1v) is 16.5. The minimum atomic E-state index is -0.394. The Hall–Kier alpha value is -5.98. The molecule has 2 aliphatic carbocycles. The second-order valence-corrected chi connectivity index (χ2v) is 13.2. The van der Waals surface area contributed by atoms with Crippen LogP contribution in [0, 0.1) is 0 Å². The lowest BCUT2D eigenvalue weighted by molar-refractivity contribution is 0.801. The van der Waals surface area contributed by atoms with E-state index < -0.39 is 5.41 Å². The minimum Gasteiger partial charge on any atom is -0.0619 e. The summed E-state index contributed by atoms with van der Waals surface area (Å²) in [5.74, 6) is 0. The van der Waals surface area contributed by atoms with Gasteiger partial charge in [-0.3, -0.25) is 0 Å². The quantitative estimate of drug-likeness (QED) is 0.166. The van der Waals surface area contributed by atoms with Crippen LogP contribution in [0.25, 0.3) is 76.5 Å². The Balaban J connectivity index is 1.24. The highest BCUT2D eigenvalue weighted by molar-refractivity contribution is 6.25. The molecular weight excluding hydrogens is 565 g/mol. The Labute approximate surface area is 273 Å². The molecule has 0 bridgehead atoms. The molecule has 0 aromatic heterocycles. The van der Waals surface area contributed by atoms with Crippen molar-refractivity contribution in [3.8, 4) is 33.4 Å². The van der Waals surface area contributed by atoms with Gasteiger partial charge in [-0.2, -0.15) is 0 Å². The predicted octanol–water partition coefficient (Wildman–Crippen LogP) is 12.3. The molecule has 216 valence electrons. The highest BCUT2D eigenvalue weighted by atomic mass is 14.5. The number of benzene rings is 9. The second-order valence-electron chi connectivity index (χ2n) is 13.2. The topological polar surface area (TPSA) is 0 Å². The molecule has 0 amide bonds. The molecule has 2 aliphatic rings. The van der Waals surface area contributed by atoms with E-state index in [0.29, 0.717) is 0 Å². The van der Waals surface area contributed by atoms with Crippen LogP contribution in [0.3, 0.4) is 0 Å². The van der Waals surface area contributed by atoms with Crippen LogP contribution >= 0.6 is 0 Å². The largest absolute Gasteiger partial charge is 0.0731 e. The third-order valence-corrected chi connectivity index (χ3v) is 11.0. The third kappa shape index (κ3) is 3.13. The van der Waals surface area contributed by atoms with Crippen molar-refractivity contribution in [3.63, 3.8) is 0 Å². The van der Waals surface area contributed by atoms with Gasteiger partial charge >= 0.3 is 0 Å². The second kappa shape index (κ2) is 9.06. The Kier molecular flexibility index (Phi) is 4.86. The lowest BCUT2D eigenvalue weighted by Gasteiger charge is -2.31. The summed E-state index contributed by atoms with van der Waals surface area (Å²) >= 11 is 0. The molecule has 0 radical (unpaired) electrons. The van der Waals surface area contributed by atoms with Gasteiger partial charge in [0.1, 0.15) is 0 Å². The van der Waals surface area contributed by atoms with Gasteiger partial charge < -0.3 is 0 Å². The Morgan fingerprint density at radius 3 is 1.43 bits per heavy atom. The van der Waals surface area contributed by atoms with Crippen molar-refractivity contribution in [2.24, 2.45) is 0 Å². The molecule has 0 aliphatic heterocycles. The molecule has 0 saturated heterocycles. The first-order chi connectivity index (χ1) is 23.3. The molecular formula is C47H28. The number of fused-ring (bicyclic) bond motifs is 18. The van der Waals surface area contributed by atoms with Crippen molar-refractivity contribution >= 4 is 43.1 Å². The molecule has 1 spiro atoms. The van der Waals surface area contributed by atoms with Crippen LogP contribution in [0.5, 0.6) is 0 Å². The van der Waals surface area contributed by atoms with Gasteiger partial charge in [-0.15, -0.1) is 0 Å². The number of hydrogen-bond donors (Lipinski definition) is 0. The average Bonchev–Trinajstić information content (AvgIpc) is 3.62. The molecule has 0 N–H and O–H groups in total. The summed E-state index contributed by atoms with van der Waals surface area (Å²) in [7, 11) is 0. The summed E-state index contributed by atoms with van der Waals surface area (Å²) in [5, 5.41) is 10.5. The maximum absolute atomic E-state index is 2.51. The van der Waals surface area contributed by atoms with Gasteiger partial charge in [0.2, 0.25) is 0 Å². The normalized spacial score (nSPS) is 13.7. The molecule has 11 rings (SSSR count). The van der Waals surface area contributed by atoms with Gasteiger partial charge in [-0.25, -0.2) is 0 Å². The van der Waals surface area contributed by atoms with E-state index in [9.17, 15) is 0 Å². The van der Waals surface area contributed by atoms with Crippen LogP contribution in [0.15, 0.2) is 170 Å². The van der Waals surface area contributed by atoms with Gasteiger partial charge in [0.15, 0.2) is 0 Å². The highest BCUT2D eigenvalue weighted by Gasteiger charge is 2.52. The van der Waals surface area contributed by atoms with E-state index in [-0.39, 0.29) is 0 Å². The third-order valence-electron chi connectivity index (χ3n) is 11.0. The zero-order valence-corrected chi connectivity index (χ0v) is 25.7. The van der Waals surface area contributed by atoms with Crippen molar-refractivity contribution in [2.45, 2.75) is 5.41 Å². The fraction of sp³-hybridized carbons (Fsp3) is 0.0213. The van der Waals surface area contributed by atoms with E-state index in [4.69, 9.17) is 0 Å². The molecule has 0 saturated carbocycles. The average molecular weight is 593 g/mol. The van der Waals surface area contributed by atoms with Crippen LogP contribution in [0.2, 0.25) is 0 Å². The first kappa shape index (κ1) is 25.2. The van der Waals surface area contributed by atoms with Crippen LogP contribution < -0.4 is 0 Å². The summed E-state index contributed by atoms with van der Waals surface area (Å²) in [6.07, 6.45) is 0. The maximum atomic E-state index is 2.51. The molecule has 0 unspecified atom stereocenters. The van der Waals surface area contributed by atoms with Gasteiger partial charge in [0.05, 0.1) is 5.41 Å². The van der Waals surface area contributed by atoms with E-state index in [2.05, 4.69) is 170 Å². The SMILES string of the molecule is c1ccc2c(c1)-c1ccccc1C21c2cc(-c3ccc4c5ccccc5c5ccccc5c4c3)ccc2-c2ccc3ccccc3c21. The Morgan fingerprint density at radius 2 is 0.745 bits per heavy atom. The molecule has 9 aromatic carbocycles. The molecule has 47 heavy (non-hydrogen) atoms. The van der Waals surface area contributed by atoms with Crippen LogP contribution in [-0.4, -0.2) is 0 Å². The van der Waals surface area contributed by atoms with Crippen molar-refractivity contribution in [2.75, 3.05) is 0 Å². The van der Waals surface area contributed by atoms with Crippen molar-refractivity contribution < 1.29 is 0 Å². The highest BCUT2D eigenvalue weighted by Crippen LogP contribution is 2.64. The molecule has 0 fully saturated rings. The maximum Gasteiger partial charge on any atom is 0.0731 e. The fourth-order valence-electron chi connectivity index (χ4n) is 9.19. The summed E-state index contributed by atoms with van der Waals surface area (Å²) in [6.45, 7) is 0. The zero-order valence-electron chi connectivity index (χ0n) is 25.7. The van der Waals surface area contributed by atoms with E-state index in [0.717, 1.165) is 0 Å². The summed E-state index contributed by atoms with van der Waals surface area (Å²) in [5.41, 5.74) is 13.0. The molecule has 0 nitrogen and oxygen atoms in total. The smallest absolute Gasteiger partial charge is 0.0619 e. The zero-order chi connectivity index (χ0) is 30.7. The van der Waals surface area contributed by atoms with Gasteiger partial charge in [-0.1, -0.05) is 158 Å². The van der Waals surface area contributed by atoms with E-state index in [1.54, 1.807) is 0 Å². The van der Waals surface area contributed by atoms with Crippen LogP contribution in [0.4, 0.5) is 0 Å². The fourth-order valence-corrected chi connectivity index (χ4v) is 9.19. The Morgan fingerprint density at radius 1 is 0.277 bits per heavy atom. The van der Waals surface area contributed by atoms with Gasteiger partial charge in [-0.05, 0) is 111 Å². The molecule has 9 aromatic rings. The summed E-state index contributed by atoms with van der Waals surface area (Å²) in [6, 6.07) is 63.8. The van der Waals surface area contributed by atoms with Crippen LogP contribution in [0.1, 0.15) is 22.3 Å². The number of rotatable bonds is 1. The first-order valence-electron chi connectivity index (χ1n) is 16.5. The van der Waals surface area contributed by atoms with E-state index >= 15 is 0 Å². The predicted molar refractivity (Wildman–Crippen MR) is 198 cm³/mol. The van der Waals surface area contributed by atoms with Crippen molar-refractivity contribution in [3.05, 3.63) is 192 Å². The Bertz CT molecular complexity index is 2720. The van der Waals surface area contributed by atoms with E-state index in [1.807, 2.05) is 0 Å². The minimum absolute atomic E-state index is 0.394. The van der Waals surface area contributed by atoms with Crippen molar-refractivity contribution in [1.82, 2.24) is 0 Å². The van der Waals surface area contributed by atoms with Gasteiger partial charge in [0, 0.05) is 0 Å². The lowest BCUT2D eigenvalue weighted by atomic mass is 9.69. The molecule has 0 atom stereocenters. The standard InChI is InChI=1S/C47H28/c1-2-12-32-29(11-1)21-26-41-40-25-23-31(28-45(40)47(46(32)41)43-19-9-7-17-38(43)39-18-8-10-20-44(39)47)30-22-24-37-35-15-4-3-13-33(35)34-14-5-6-16-36(34)42(37)27-30/h1-28H. The van der Waals surface area contributed by atoms with Gasteiger partial charge in [0.25, 0.3) is 0 Å². The molecule has 0 heteroatoms. The van der Waals surface area contributed by atoms with Crippen molar-refractivity contribution in [1.29, 1.82) is 0 Å². The number of hydrogen-bond acceptors (Lipinski definition) is 0. The monoisotopic (exact) mass is 592 g/mol. The lowest BCUT2D eigenvalue weighted by Crippen LogP contribution is -2.26.